The van der Waals surface area contributed by atoms with Gasteiger partial charge in [0, 0.05) is 12.1 Å². The molecule has 1 aromatic rings. The monoisotopic (exact) mass is 264 g/mol. The maximum absolute atomic E-state index is 12.1. The zero-order valence-electron chi connectivity index (χ0n) is 10.5. The molecular weight excluding hydrogens is 248 g/mol. The normalized spacial score (nSPS) is 20.2. The van der Waals surface area contributed by atoms with Crippen LogP contribution in [0.25, 0.3) is 4.91 Å². The molecule has 0 aromatic heterocycles. The Hall–Kier alpha value is -1.62. The van der Waals surface area contributed by atoms with E-state index in [9.17, 15) is 8.42 Å². The molecule has 0 radical (unpaired) electrons. The lowest BCUT2D eigenvalue weighted by atomic mass is 10.1. The first-order valence-electron chi connectivity index (χ1n) is 5.90. The molecule has 0 amide bonds. The number of aliphatic imine (C=N–C) groups is 1. The molecule has 0 fully saturated rings. The molecule has 0 bridgehead atoms. The van der Waals surface area contributed by atoms with E-state index in [1.165, 1.54) is 0 Å². The number of sulfonamides is 1. The standard InChI is InChI=1S/C13H16N2O2S/c1-3-9-14-13-10(2)12(18(16,17)15-13)11-7-5-4-6-8-11/h4-8H,3,9H2,1-2H3,(H,14,15). The Labute approximate surface area is 107 Å². The highest BCUT2D eigenvalue weighted by molar-refractivity contribution is 8.00. The Morgan fingerprint density at radius 2 is 1.89 bits per heavy atom. The van der Waals surface area contributed by atoms with Crippen molar-refractivity contribution < 1.29 is 8.42 Å². The molecule has 1 aliphatic heterocycles. The van der Waals surface area contributed by atoms with Crippen molar-refractivity contribution in [3.05, 3.63) is 41.5 Å². The molecule has 1 aliphatic rings. The largest absolute Gasteiger partial charge is 0.268 e. The molecule has 0 saturated heterocycles. The van der Waals surface area contributed by atoms with Gasteiger partial charge in [-0.2, -0.15) is 0 Å². The fraction of sp³-hybridized carbons (Fsp3) is 0.308. The molecule has 2 rings (SSSR count). The van der Waals surface area contributed by atoms with E-state index < -0.39 is 10.0 Å². The number of hydrogen-bond acceptors (Lipinski definition) is 3. The van der Waals surface area contributed by atoms with Gasteiger partial charge in [0.2, 0.25) is 0 Å². The van der Waals surface area contributed by atoms with Crippen LogP contribution >= 0.6 is 0 Å². The predicted octanol–water partition coefficient (Wildman–Crippen LogP) is 2.16. The topological polar surface area (TPSA) is 58.5 Å². The lowest BCUT2D eigenvalue weighted by Gasteiger charge is -2.01. The molecular formula is C13H16N2O2S. The third-order valence-corrected chi connectivity index (χ3v) is 4.27. The van der Waals surface area contributed by atoms with E-state index in [-0.39, 0.29) is 0 Å². The van der Waals surface area contributed by atoms with Crippen LogP contribution in [0.1, 0.15) is 25.8 Å². The highest BCUT2D eigenvalue weighted by atomic mass is 32.2. The molecule has 5 heteroatoms. The van der Waals surface area contributed by atoms with E-state index >= 15 is 0 Å². The van der Waals surface area contributed by atoms with E-state index in [1.54, 1.807) is 19.1 Å². The minimum absolute atomic E-state index is 0.331. The Kier molecular flexibility index (Phi) is 3.52. The van der Waals surface area contributed by atoms with Crippen LogP contribution in [-0.2, 0) is 10.0 Å². The molecule has 1 aromatic carbocycles. The van der Waals surface area contributed by atoms with Gasteiger partial charge in [-0.05, 0) is 18.9 Å². The summed E-state index contributed by atoms with van der Waals surface area (Å²) in [4.78, 5) is 4.59. The van der Waals surface area contributed by atoms with Crippen LogP contribution in [-0.4, -0.2) is 20.8 Å². The summed E-state index contributed by atoms with van der Waals surface area (Å²) in [6, 6.07) is 9.10. The number of benzene rings is 1. The van der Waals surface area contributed by atoms with Crippen molar-refractivity contribution >= 4 is 20.8 Å². The van der Waals surface area contributed by atoms with Gasteiger partial charge in [-0.1, -0.05) is 37.3 Å². The molecule has 0 spiro atoms. The van der Waals surface area contributed by atoms with E-state index in [2.05, 4.69) is 9.71 Å². The van der Waals surface area contributed by atoms with Gasteiger partial charge in [-0.25, -0.2) is 8.42 Å². The Balaban J connectivity index is 2.52. The first kappa shape index (κ1) is 12.8. The van der Waals surface area contributed by atoms with Gasteiger partial charge in [0.15, 0.2) is 0 Å². The second kappa shape index (κ2) is 4.94. The molecule has 1 heterocycles. The van der Waals surface area contributed by atoms with Gasteiger partial charge in [-0.15, -0.1) is 0 Å². The van der Waals surface area contributed by atoms with Crippen LogP contribution in [0.15, 0.2) is 40.9 Å². The van der Waals surface area contributed by atoms with Crippen LogP contribution in [0.3, 0.4) is 0 Å². The molecule has 0 aliphatic carbocycles. The highest BCUT2D eigenvalue weighted by Gasteiger charge is 2.32. The number of rotatable bonds is 3. The summed E-state index contributed by atoms with van der Waals surface area (Å²) in [6.45, 7) is 4.41. The second-order valence-electron chi connectivity index (χ2n) is 4.16. The van der Waals surface area contributed by atoms with Gasteiger partial charge < -0.3 is 0 Å². The van der Waals surface area contributed by atoms with Crippen LogP contribution in [0.4, 0.5) is 0 Å². The quantitative estimate of drug-likeness (QED) is 0.909. The second-order valence-corrected chi connectivity index (χ2v) is 5.78. The zero-order valence-corrected chi connectivity index (χ0v) is 11.3. The van der Waals surface area contributed by atoms with Crippen LogP contribution < -0.4 is 4.72 Å². The zero-order chi connectivity index (χ0) is 13.2. The molecule has 0 saturated carbocycles. The van der Waals surface area contributed by atoms with Crippen LogP contribution in [0, 0.1) is 0 Å². The molecule has 1 N–H and O–H groups in total. The summed E-state index contributed by atoms with van der Waals surface area (Å²) in [7, 11) is -3.47. The Bertz CT molecular complexity index is 601. The summed E-state index contributed by atoms with van der Waals surface area (Å²) in [5, 5.41) is 0. The number of nitrogens with one attached hydrogen (secondary N) is 1. The summed E-state index contributed by atoms with van der Waals surface area (Å²) >= 11 is 0. The van der Waals surface area contributed by atoms with Crippen molar-refractivity contribution in [2.24, 2.45) is 4.99 Å². The van der Waals surface area contributed by atoms with Crippen LogP contribution in [0.2, 0.25) is 0 Å². The Morgan fingerprint density at radius 1 is 1.22 bits per heavy atom. The smallest absolute Gasteiger partial charge is 0.264 e. The van der Waals surface area contributed by atoms with E-state index in [0.717, 1.165) is 6.42 Å². The SMILES string of the molecule is CCCN=C1NS(=O)(=O)C(c2ccccc2)=C1C. The minimum Gasteiger partial charge on any atom is -0.268 e. The van der Waals surface area contributed by atoms with Crippen molar-refractivity contribution in [1.82, 2.24) is 4.72 Å². The highest BCUT2D eigenvalue weighted by Crippen LogP contribution is 2.29. The fourth-order valence-electron chi connectivity index (χ4n) is 1.90. The molecule has 0 unspecified atom stereocenters. The maximum atomic E-state index is 12.1. The molecule has 96 valence electrons. The molecule has 0 atom stereocenters. The van der Waals surface area contributed by atoms with Crippen LogP contribution in [0.5, 0.6) is 0 Å². The number of hydrogen-bond donors (Lipinski definition) is 1. The average molecular weight is 264 g/mol. The predicted molar refractivity (Wildman–Crippen MR) is 73.7 cm³/mol. The van der Waals surface area contributed by atoms with Gasteiger partial charge in [0.1, 0.15) is 10.7 Å². The third-order valence-electron chi connectivity index (χ3n) is 2.73. The van der Waals surface area contributed by atoms with E-state index in [0.29, 0.717) is 28.4 Å². The fourth-order valence-corrected chi connectivity index (χ4v) is 3.42. The summed E-state index contributed by atoms with van der Waals surface area (Å²) in [5.41, 5.74) is 1.39. The van der Waals surface area contributed by atoms with Crippen molar-refractivity contribution in [3.63, 3.8) is 0 Å². The van der Waals surface area contributed by atoms with Crippen molar-refractivity contribution in [2.45, 2.75) is 20.3 Å². The van der Waals surface area contributed by atoms with Gasteiger partial charge in [0.05, 0.1) is 0 Å². The molecule has 4 nitrogen and oxygen atoms in total. The summed E-state index contributed by atoms with van der Waals surface area (Å²) < 4.78 is 26.7. The lowest BCUT2D eigenvalue weighted by Crippen LogP contribution is -2.23. The lowest BCUT2D eigenvalue weighted by molar-refractivity contribution is 0.603. The first-order chi connectivity index (χ1) is 8.56. The number of nitrogens with zero attached hydrogens (tertiary/aromatic N) is 1. The molecule has 18 heavy (non-hydrogen) atoms. The minimum atomic E-state index is -3.47. The number of amidine groups is 1. The van der Waals surface area contributed by atoms with Gasteiger partial charge >= 0.3 is 0 Å². The van der Waals surface area contributed by atoms with Gasteiger partial charge in [-0.3, -0.25) is 9.71 Å². The van der Waals surface area contributed by atoms with E-state index in [1.807, 2.05) is 25.1 Å². The average Bonchev–Trinajstić information content (AvgIpc) is 2.57. The summed E-state index contributed by atoms with van der Waals surface area (Å²) in [6.07, 6.45) is 0.888. The van der Waals surface area contributed by atoms with Crippen molar-refractivity contribution in [1.29, 1.82) is 0 Å². The van der Waals surface area contributed by atoms with Crippen molar-refractivity contribution in [3.8, 4) is 0 Å². The Morgan fingerprint density at radius 3 is 2.50 bits per heavy atom. The first-order valence-corrected chi connectivity index (χ1v) is 7.38. The third kappa shape index (κ3) is 2.31. The van der Waals surface area contributed by atoms with E-state index in [4.69, 9.17) is 0 Å². The van der Waals surface area contributed by atoms with Gasteiger partial charge in [0.25, 0.3) is 10.0 Å². The van der Waals surface area contributed by atoms with Crippen molar-refractivity contribution in [2.75, 3.05) is 6.54 Å². The maximum Gasteiger partial charge on any atom is 0.264 e. The summed E-state index contributed by atoms with van der Waals surface area (Å²) in [5.74, 6) is 0.468.